The summed E-state index contributed by atoms with van der Waals surface area (Å²) in [4.78, 5) is 16.3. The summed E-state index contributed by atoms with van der Waals surface area (Å²) in [6.45, 7) is 2.02. The van der Waals surface area contributed by atoms with Crippen molar-refractivity contribution in [2.75, 3.05) is 7.11 Å². The number of benzene rings is 2. The minimum atomic E-state index is -0.421. The standard InChI is InChI=1S/C22H20N2O3/c1-14-9-18(13-23-12-14)15-5-3-6-16(10-15)20-21(27-22(25)24-20)17-7-4-8-19(11-17)26-2/h3-13,20-21H,1-2H3,(H,24,25)/t20-,21-/m1/s1. The summed E-state index contributed by atoms with van der Waals surface area (Å²) in [5.41, 5.74) is 5.06. The molecule has 4 rings (SSSR count). The van der Waals surface area contributed by atoms with Crippen LogP contribution >= 0.6 is 0 Å². The molecule has 0 saturated carbocycles. The van der Waals surface area contributed by atoms with Crippen LogP contribution < -0.4 is 10.1 Å². The highest BCUT2D eigenvalue weighted by Crippen LogP contribution is 2.38. The molecule has 3 aromatic rings. The topological polar surface area (TPSA) is 60.5 Å². The second-order valence-electron chi connectivity index (χ2n) is 6.60. The third-order valence-corrected chi connectivity index (χ3v) is 4.69. The predicted octanol–water partition coefficient (Wildman–Crippen LogP) is 4.59. The highest BCUT2D eigenvalue weighted by molar-refractivity contribution is 5.72. The first-order chi connectivity index (χ1) is 13.1. The van der Waals surface area contributed by atoms with Crippen LogP contribution in [0.15, 0.2) is 67.0 Å². The van der Waals surface area contributed by atoms with E-state index in [0.29, 0.717) is 0 Å². The number of cyclic esters (lactones) is 1. The highest BCUT2D eigenvalue weighted by Gasteiger charge is 2.36. The lowest BCUT2D eigenvalue weighted by atomic mass is 9.94. The zero-order chi connectivity index (χ0) is 18.8. The van der Waals surface area contributed by atoms with Gasteiger partial charge in [0.25, 0.3) is 0 Å². The molecule has 1 aromatic heterocycles. The van der Waals surface area contributed by atoms with Crippen molar-refractivity contribution in [1.82, 2.24) is 10.3 Å². The Hall–Kier alpha value is -3.34. The number of hydrogen-bond acceptors (Lipinski definition) is 4. The minimum absolute atomic E-state index is 0.276. The maximum Gasteiger partial charge on any atom is 0.408 e. The van der Waals surface area contributed by atoms with Crippen molar-refractivity contribution in [1.29, 1.82) is 0 Å². The van der Waals surface area contributed by atoms with Gasteiger partial charge in [0.05, 0.1) is 13.2 Å². The van der Waals surface area contributed by atoms with E-state index in [2.05, 4.69) is 22.4 Å². The Morgan fingerprint density at radius 1 is 1.00 bits per heavy atom. The zero-order valence-electron chi connectivity index (χ0n) is 15.2. The zero-order valence-corrected chi connectivity index (χ0v) is 15.2. The van der Waals surface area contributed by atoms with Gasteiger partial charge in [0, 0.05) is 18.0 Å². The van der Waals surface area contributed by atoms with Crippen LogP contribution in [-0.2, 0) is 4.74 Å². The molecule has 27 heavy (non-hydrogen) atoms. The summed E-state index contributed by atoms with van der Waals surface area (Å²) in [6, 6.07) is 17.5. The second-order valence-corrected chi connectivity index (χ2v) is 6.60. The van der Waals surface area contributed by atoms with Gasteiger partial charge in [-0.1, -0.05) is 30.3 Å². The van der Waals surface area contributed by atoms with Crippen LogP contribution in [0.25, 0.3) is 11.1 Å². The average molecular weight is 360 g/mol. The van der Waals surface area contributed by atoms with E-state index in [1.54, 1.807) is 7.11 Å². The van der Waals surface area contributed by atoms with Gasteiger partial charge in [-0.05, 0) is 53.4 Å². The quantitative estimate of drug-likeness (QED) is 0.739. The number of methoxy groups -OCH3 is 1. The fourth-order valence-corrected chi connectivity index (χ4v) is 3.38. The molecule has 2 atom stereocenters. The molecular weight excluding hydrogens is 340 g/mol. The number of aromatic nitrogens is 1. The normalized spacial score (nSPS) is 18.7. The lowest BCUT2D eigenvalue weighted by molar-refractivity contribution is 0.132. The lowest BCUT2D eigenvalue weighted by Crippen LogP contribution is -2.19. The van der Waals surface area contributed by atoms with E-state index in [0.717, 1.165) is 33.6 Å². The van der Waals surface area contributed by atoms with E-state index < -0.39 is 12.2 Å². The first-order valence-corrected chi connectivity index (χ1v) is 8.77. The summed E-state index contributed by atoms with van der Waals surface area (Å²) in [7, 11) is 1.62. The molecule has 1 N–H and O–H groups in total. The maximum absolute atomic E-state index is 12.0. The summed E-state index contributed by atoms with van der Waals surface area (Å²) in [5, 5.41) is 2.93. The SMILES string of the molecule is COc1cccc([C@H]2OC(=O)N[C@@H]2c2cccc(-c3cncc(C)c3)c2)c1. The monoisotopic (exact) mass is 360 g/mol. The Balaban J connectivity index is 1.70. The molecule has 0 radical (unpaired) electrons. The number of rotatable bonds is 4. The number of pyridine rings is 1. The molecule has 0 aliphatic carbocycles. The number of alkyl carbamates (subject to hydrolysis) is 1. The van der Waals surface area contributed by atoms with Crippen LogP contribution in [0.1, 0.15) is 28.8 Å². The molecular formula is C22H20N2O3. The third kappa shape index (κ3) is 3.49. The molecule has 136 valence electrons. The van der Waals surface area contributed by atoms with E-state index in [9.17, 15) is 4.79 Å². The molecule has 1 amide bonds. The molecule has 1 fully saturated rings. The maximum atomic E-state index is 12.0. The van der Waals surface area contributed by atoms with Gasteiger partial charge in [-0.2, -0.15) is 0 Å². The van der Waals surface area contributed by atoms with Crippen molar-refractivity contribution in [3.05, 3.63) is 83.7 Å². The molecule has 2 aromatic carbocycles. The lowest BCUT2D eigenvalue weighted by Gasteiger charge is -2.19. The van der Waals surface area contributed by atoms with Crippen molar-refractivity contribution in [3.63, 3.8) is 0 Å². The fourth-order valence-electron chi connectivity index (χ4n) is 3.38. The van der Waals surface area contributed by atoms with Crippen molar-refractivity contribution < 1.29 is 14.3 Å². The Kier molecular flexibility index (Phi) is 4.50. The Labute approximate surface area is 158 Å². The molecule has 0 unspecified atom stereocenters. The molecule has 1 saturated heterocycles. The first-order valence-electron chi connectivity index (χ1n) is 8.77. The van der Waals surface area contributed by atoms with Gasteiger partial charge in [0.1, 0.15) is 5.75 Å². The van der Waals surface area contributed by atoms with Gasteiger partial charge < -0.3 is 14.8 Å². The molecule has 1 aliphatic rings. The summed E-state index contributed by atoms with van der Waals surface area (Å²) in [6.07, 6.45) is 2.83. The molecule has 0 spiro atoms. The Morgan fingerprint density at radius 3 is 2.63 bits per heavy atom. The van der Waals surface area contributed by atoms with Gasteiger partial charge in [-0.3, -0.25) is 4.98 Å². The fraction of sp³-hybridized carbons (Fsp3) is 0.182. The number of hydrogen-bond donors (Lipinski definition) is 1. The minimum Gasteiger partial charge on any atom is -0.497 e. The Bertz CT molecular complexity index is 987. The number of carbonyl (C=O) groups excluding carboxylic acids is 1. The van der Waals surface area contributed by atoms with Crippen LogP contribution in [0.5, 0.6) is 5.75 Å². The van der Waals surface area contributed by atoms with E-state index in [1.165, 1.54) is 0 Å². The third-order valence-electron chi connectivity index (χ3n) is 4.69. The molecule has 5 nitrogen and oxygen atoms in total. The van der Waals surface area contributed by atoms with E-state index >= 15 is 0 Å². The van der Waals surface area contributed by atoms with Gasteiger partial charge >= 0.3 is 6.09 Å². The van der Waals surface area contributed by atoms with E-state index in [4.69, 9.17) is 9.47 Å². The number of aryl methyl sites for hydroxylation is 1. The number of ether oxygens (including phenoxy) is 2. The van der Waals surface area contributed by atoms with Crippen LogP contribution in [0, 0.1) is 6.92 Å². The number of nitrogens with zero attached hydrogens (tertiary/aromatic N) is 1. The predicted molar refractivity (Wildman–Crippen MR) is 103 cm³/mol. The van der Waals surface area contributed by atoms with Gasteiger partial charge in [0.2, 0.25) is 0 Å². The van der Waals surface area contributed by atoms with Crippen molar-refractivity contribution in [3.8, 4) is 16.9 Å². The van der Waals surface area contributed by atoms with Crippen molar-refractivity contribution in [2.24, 2.45) is 0 Å². The van der Waals surface area contributed by atoms with Gasteiger partial charge in [0.15, 0.2) is 6.10 Å². The molecule has 2 heterocycles. The summed E-state index contributed by atoms with van der Waals surface area (Å²) < 4.78 is 10.9. The number of amides is 1. The summed E-state index contributed by atoms with van der Waals surface area (Å²) in [5.74, 6) is 0.730. The largest absolute Gasteiger partial charge is 0.497 e. The molecule has 5 heteroatoms. The second kappa shape index (κ2) is 7.11. The van der Waals surface area contributed by atoms with Crippen LogP contribution in [-0.4, -0.2) is 18.2 Å². The Morgan fingerprint density at radius 2 is 1.81 bits per heavy atom. The van der Waals surface area contributed by atoms with Crippen molar-refractivity contribution in [2.45, 2.75) is 19.1 Å². The van der Waals surface area contributed by atoms with Crippen LogP contribution in [0.3, 0.4) is 0 Å². The van der Waals surface area contributed by atoms with E-state index in [1.807, 2.05) is 61.8 Å². The number of nitrogens with one attached hydrogen (secondary N) is 1. The van der Waals surface area contributed by atoms with E-state index in [-0.39, 0.29) is 6.04 Å². The number of carbonyl (C=O) groups is 1. The van der Waals surface area contributed by atoms with Crippen LogP contribution in [0.2, 0.25) is 0 Å². The molecule has 1 aliphatic heterocycles. The first kappa shape index (κ1) is 17.1. The molecule has 0 bridgehead atoms. The van der Waals surface area contributed by atoms with Crippen molar-refractivity contribution >= 4 is 6.09 Å². The van der Waals surface area contributed by atoms with Gasteiger partial charge in [-0.15, -0.1) is 0 Å². The van der Waals surface area contributed by atoms with Gasteiger partial charge in [-0.25, -0.2) is 4.79 Å². The average Bonchev–Trinajstić information content (AvgIpc) is 3.10. The highest BCUT2D eigenvalue weighted by atomic mass is 16.6. The van der Waals surface area contributed by atoms with Crippen LogP contribution in [0.4, 0.5) is 4.79 Å². The smallest absolute Gasteiger partial charge is 0.408 e. The summed E-state index contributed by atoms with van der Waals surface area (Å²) >= 11 is 0.